The highest BCUT2D eigenvalue weighted by molar-refractivity contribution is 5.31. The molecule has 57 heavy (non-hydrogen) atoms. The van der Waals surface area contributed by atoms with Crippen LogP contribution in [-0.4, -0.2) is 161 Å². The van der Waals surface area contributed by atoms with Gasteiger partial charge in [-0.25, -0.2) is 0 Å². The molecule has 7 aliphatic rings. The van der Waals surface area contributed by atoms with Crippen LogP contribution in [0.3, 0.4) is 0 Å². The van der Waals surface area contributed by atoms with E-state index in [0.29, 0.717) is 31.6 Å². The minimum Gasteiger partial charge on any atom is -0.396 e. The second kappa shape index (κ2) is 15.3. The van der Waals surface area contributed by atoms with Crippen LogP contribution in [0.5, 0.6) is 0 Å². The van der Waals surface area contributed by atoms with E-state index in [9.17, 15) is 56.2 Å². The molecule has 15 nitrogen and oxygen atoms in total. The SMILES string of the molecule is CC(CCC(O)C(C)(C)OC1OC(CO)C(O)C(O)C1O)C1C(O)CC2(C)C3CCC4C(C)(CO)C(OC5OC(CO)C(O)C(O)C5O)CCC45CC35CCC12C. The van der Waals surface area contributed by atoms with Gasteiger partial charge in [0.15, 0.2) is 12.6 Å². The summed E-state index contributed by atoms with van der Waals surface area (Å²) < 4.78 is 23.7. The first-order valence-corrected chi connectivity index (χ1v) is 21.5. The molecule has 2 saturated heterocycles. The second-order valence-corrected chi connectivity index (χ2v) is 20.8. The van der Waals surface area contributed by atoms with Gasteiger partial charge in [-0.2, -0.15) is 0 Å². The molecule has 7 rings (SSSR count). The van der Waals surface area contributed by atoms with Crippen molar-refractivity contribution in [1.82, 2.24) is 0 Å². The Balaban J connectivity index is 1.02. The molecule has 22 unspecified atom stereocenters. The highest BCUT2D eigenvalue weighted by Gasteiger charge is 2.83. The summed E-state index contributed by atoms with van der Waals surface area (Å²) in [5.74, 6) is 0.600. The van der Waals surface area contributed by atoms with Gasteiger partial charge in [-0.15, -0.1) is 0 Å². The lowest BCUT2D eigenvalue weighted by molar-refractivity contribution is -0.331. The number of ether oxygens (including phenoxy) is 4. The van der Waals surface area contributed by atoms with Crippen molar-refractivity contribution in [2.45, 2.75) is 191 Å². The zero-order valence-corrected chi connectivity index (χ0v) is 34.6. The van der Waals surface area contributed by atoms with E-state index in [1.165, 1.54) is 0 Å². The fourth-order valence-corrected chi connectivity index (χ4v) is 14.6. The van der Waals surface area contributed by atoms with Crippen LogP contribution in [0.1, 0.15) is 106 Å². The number of aliphatic hydroxyl groups excluding tert-OH is 11. The standard InChI is InChI=1S/C42H72O15/c1-20(7-10-26(47)37(2,3)57-36-34(53)32(51)30(49)23(17-44)55-36)28-21(46)15-40(6)25-9-8-24-38(4,19-45)27(56-35-33(52)31(50)29(48)22(16-43)54-35)11-12-41(24)18-42(25,41)14-13-39(28,40)5/h20-36,43-53H,7-19H2,1-6H3. The third kappa shape index (κ3) is 6.54. The largest absolute Gasteiger partial charge is 0.396 e. The van der Waals surface area contributed by atoms with E-state index in [1.807, 2.05) is 0 Å². The van der Waals surface area contributed by atoms with E-state index in [-0.39, 0.29) is 46.0 Å². The molecule has 2 heterocycles. The molecule has 5 aliphatic carbocycles. The lowest BCUT2D eigenvalue weighted by Gasteiger charge is -2.63. The number of rotatable bonds is 12. The number of aliphatic hydroxyl groups is 11. The Morgan fingerprint density at radius 3 is 1.84 bits per heavy atom. The van der Waals surface area contributed by atoms with Crippen molar-refractivity contribution < 1.29 is 75.1 Å². The van der Waals surface area contributed by atoms with Crippen LogP contribution in [0.4, 0.5) is 0 Å². The van der Waals surface area contributed by atoms with Gasteiger partial charge in [0.25, 0.3) is 0 Å². The molecule has 2 spiro atoms. The fourth-order valence-electron chi connectivity index (χ4n) is 14.6. The van der Waals surface area contributed by atoms with E-state index < -0.39 is 104 Å². The molecule has 0 aromatic rings. The summed E-state index contributed by atoms with van der Waals surface area (Å²) in [6.07, 6.45) is -7.94. The quantitative estimate of drug-likeness (QED) is 0.115. The minimum absolute atomic E-state index is 0.000619. The summed E-state index contributed by atoms with van der Waals surface area (Å²) in [5, 5.41) is 116. The molecule has 0 bridgehead atoms. The highest BCUT2D eigenvalue weighted by atomic mass is 16.7. The van der Waals surface area contributed by atoms with Crippen molar-refractivity contribution in [2.24, 2.45) is 50.7 Å². The molecule has 0 aromatic carbocycles. The Morgan fingerprint density at radius 1 is 0.684 bits per heavy atom. The molecule has 330 valence electrons. The van der Waals surface area contributed by atoms with Gasteiger partial charge in [-0.3, -0.25) is 0 Å². The Hall–Kier alpha value is -0.600. The molecule has 11 N–H and O–H groups in total. The fraction of sp³-hybridized carbons (Fsp3) is 1.00. The van der Waals surface area contributed by atoms with Crippen LogP contribution < -0.4 is 0 Å². The second-order valence-electron chi connectivity index (χ2n) is 20.8. The molecule has 5 saturated carbocycles. The predicted octanol–water partition coefficient (Wildman–Crippen LogP) is -0.0739. The average Bonchev–Trinajstić information content (AvgIpc) is 3.78. The van der Waals surface area contributed by atoms with Gasteiger partial charge >= 0.3 is 0 Å². The first kappa shape index (κ1) is 44.5. The van der Waals surface area contributed by atoms with Gasteiger partial charge < -0.3 is 75.1 Å². The summed E-state index contributed by atoms with van der Waals surface area (Å²) in [6.45, 7) is 11.1. The van der Waals surface area contributed by atoms with Crippen LogP contribution in [0, 0.1) is 50.7 Å². The van der Waals surface area contributed by atoms with Crippen molar-refractivity contribution >= 4 is 0 Å². The average molecular weight is 817 g/mol. The lowest BCUT2D eigenvalue weighted by atomic mass is 9.41. The zero-order valence-electron chi connectivity index (χ0n) is 34.6. The van der Waals surface area contributed by atoms with Gasteiger partial charge in [0.2, 0.25) is 0 Å². The third-order valence-corrected chi connectivity index (χ3v) is 18.0. The maximum Gasteiger partial charge on any atom is 0.187 e. The lowest BCUT2D eigenvalue weighted by Crippen LogP contribution is -2.62. The van der Waals surface area contributed by atoms with Crippen molar-refractivity contribution in [3.63, 3.8) is 0 Å². The topological polar surface area (TPSA) is 259 Å². The summed E-state index contributed by atoms with van der Waals surface area (Å²) in [4.78, 5) is 0. The number of hydrogen-bond acceptors (Lipinski definition) is 15. The van der Waals surface area contributed by atoms with E-state index in [1.54, 1.807) is 13.8 Å². The summed E-state index contributed by atoms with van der Waals surface area (Å²) in [5.41, 5.74) is -2.07. The Labute approximate surface area is 336 Å². The Bertz CT molecular complexity index is 1430. The van der Waals surface area contributed by atoms with E-state index in [2.05, 4.69) is 27.7 Å². The smallest absolute Gasteiger partial charge is 0.187 e. The Kier molecular flexibility index (Phi) is 12.0. The summed E-state index contributed by atoms with van der Waals surface area (Å²) in [7, 11) is 0. The predicted molar refractivity (Wildman–Crippen MR) is 202 cm³/mol. The summed E-state index contributed by atoms with van der Waals surface area (Å²) in [6, 6.07) is 0. The van der Waals surface area contributed by atoms with Gasteiger partial charge in [0.05, 0.1) is 43.7 Å². The first-order valence-electron chi connectivity index (χ1n) is 21.5. The van der Waals surface area contributed by atoms with Crippen molar-refractivity contribution in [3.8, 4) is 0 Å². The molecular weight excluding hydrogens is 744 g/mol. The number of fused-ring (bicyclic) bond motifs is 2. The van der Waals surface area contributed by atoms with Gasteiger partial charge in [0.1, 0.15) is 48.8 Å². The molecule has 2 aliphatic heterocycles. The van der Waals surface area contributed by atoms with Gasteiger partial charge in [-0.05, 0) is 123 Å². The van der Waals surface area contributed by atoms with Crippen LogP contribution in [-0.2, 0) is 18.9 Å². The molecule has 7 fully saturated rings. The first-order chi connectivity index (χ1) is 26.6. The van der Waals surface area contributed by atoms with E-state index in [4.69, 9.17) is 18.9 Å². The van der Waals surface area contributed by atoms with Crippen LogP contribution in [0.2, 0.25) is 0 Å². The van der Waals surface area contributed by atoms with Gasteiger partial charge in [-0.1, -0.05) is 27.7 Å². The maximum absolute atomic E-state index is 12.0. The summed E-state index contributed by atoms with van der Waals surface area (Å²) >= 11 is 0. The molecule has 0 radical (unpaired) electrons. The molecule has 22 atom stereocenters. The molecule has 15 heteroatoms. The van der Waals surface area contributed by atoms with Crippen LogP contribution in [0.25, 0.3) is 0 Å². The minimum atomic E-state index is -1.59. The van der Waals surface area contributed by atoms with Crippen LogP contribution >= 0.6 is 0 Å². The van der Waals surface area contributed by atoms with Crippen molar-refractivity contribution in [1.29, 1.82) is 0 Å². The molecular formula is C42H72O15. The van der Waals surface area contributed by atoms with Crippen molar-refractivity contribution in [3.05, 3.63) is 0 Å². The van der Waals surface area contributed by atoms with E-state index in [0.717, 1.165) is 38.5 Å². The number of hydrogen-bond donors (Lipinski definition) is 11. The normalized spacial score (nSPS) is 54.6. The molecule has 0 amide bonds. The maximum atomic E-state index is 12.0. The molecule has 0 aromatic heterocycles. The Morgan fingerprint density at radius 2 is 1.25 bits per heavy atom. The van der Waals surface area contributed by atoms with Gasteiger partial charge in [0, 0.05) is 5.41 Å². The monoisotopic (exact) mass is 816 g/mol. The highest BCUT2D eigenvalue weighted by Crippen LogP contribution is 2.89. The zero-order chi connectivity index (χ0) is 41.8. The van der Waals surface area contributed by atoms with Crippen molar-refractivity contribution in [2.75, 3.05) is 19.8 Å². The third-order valence-electron chi connectivity index (χ3n) is 18.0. The van der Waals surface area contributed by atoms with Crippen LogP contribution in [0.15, 0.2) is 0 Å². The van der Waals surface area contributed by atoms with E-state index >= 15 is 0 Å².